The Labute approximate surface area is 108 Å². The van der Waals surface area contributed by atoms with Gasteiger partial charge in [0.25, 0.3) is 0 Å². The third kappa shape index (κ3) is 4.66. The highest BCUT2D eigenvalue weighted by Crippen LogP contribution is 2.19. The molecule has 0 radical (unpaired) electrons. The molecule has 5 heteroatoms. The summed E-state index contributed by atoms with van der Waals surface area (Å²) in [6.45, 7) is 1.18. The molecular weight excluding hydrogens is 232 g/mol. The van der Waals surface area contributed by atoms with Crippen molar-refractivity contribution in [2.75, 3.05) is 13.1 Å². The number of nitrogens with one attached hydrogen (secondary N) is 1. The molecule has 1 saturated heterocycles. The zero-order valence-electron chi connectivity index (χ0n) is 10.5. The van der Waals surface area contributed by atoms with Gasteiger partial charge in [0.05, 0.1) is 6.42 Å². The van der Waals surface area contributed by atoms with Gasteiger partial charge >= 0.3 is 12.0 Å². The van der Waals surface area contributed by atoms with Crippen LogP contribution in [-0.4, -0.2) is 41.1 Å². The fourth-order valence-corrected chi connectivity index (χ4v) is 2.17. The van der Waals surface area contributed by atoms with Crippen LogP contribution < -0.4 is 5.32 Å². The SMILES string of the molecule is C#CCCCNC(=O)N1CCCCC1CC(=O)O. The topological polar surface area (TPSA) is 69.6 Å². The van der Waals surface area contributed by atoms with E-state index in [2.05, 4.69) is 11.2 Å². The van der Waals surface area contributed by atoms with Gasteiger partial charge in [-0.1, -0.05) is 0 Å². The Morgan fingerprint density at radius 1 is 1.44 bits per heavy atom. The van der Waals surface area contributed by atoms with Gasteiger partial charge in [0.15, 0.2) is 0 Å². The first-order chi connectivity index (χ1) is 8.65. The van der Waals surface area contributed by atoms with E-state index in [4.69, 9.17) is 11.5 Å². The van der Waals surface area contributed by atoms with E-state index in [0.717, 1.165) is 25.7 Å². The predicted molar refractivity (Wildman–Crippen MR) is 68.1 cm³/mol. The highest BCUT2D eigenvalue weighted by molar-refractivity contribution is 5.76. The molecule has 100 valence electrons. The summed E-state index contributed by atoms with van der Waals surface area (Å²) in [6, 6.07) is -0.346. The van der Waals surface area contributed by atoms with Crippen LogP contribution >= 0.6 is 0 Å². The number of carbonyl (C=O) groups excluding carboxylic acids is 1. The molecule has 1 fully saturated rings. The van der Waals surface area contributed by atoms with Crippen molar-refractivity contribution in [1.29, 1.82) is 0 Å². The molecule has 5 nitrogen and oxygen atoms in total. The van der Waals surface area contributed by atoms with Crippen molar-refractivity contribution in [2.24, 2.45) is 0 Å². The Balaban J connectivity index is 2.42. The number of rotatable bonds is 5. The summed E-state index contributed by atoms with van der Waals surface area (Å²) >= 11 is 0. The molecule has 0 aromatic rings. The van der Waals surface area contributed by atoms with E-state index in [-0.39, 0.29) is 18.5 Å². The molecule has 1 heterocycles. The van der Waals surface area contributed by atoms with Crippen molar-refractivity contribution in [1.82, 2.24) is 10.2 Å². The number of hydrogen-bond acceptors (Lipinski definition) is 2. The largest absolute Gasteiger partial charge is 0.481 e. The van der Waals surface area contributed by atoms with Gasteiger partial charge in [0.2, 0.25) is 0 Å². The number of hydrogen-bond donors (Lipinski definition) is 2. The Kier molecular flexibility index (Phi) is 6.06. The van der Waals surface area contributed by atoms with Crippen LogP contribution in [0.5, 0.6) is 0 Å². The number of carboxylic acids is 1. The van der Waals surface area contributed by atoms with Gasteiger partial charge in [-0.15, -0.1) is 12.3 Å². The quantitative estimate of drug-likeness (QED) is 0.574. The lowest BCUT2D eigenvalue weighted by molar-refractivity contribution is -0.138. The summed E-state index contributed by atoms with van der Waals surface area (Å²) < 4.78 is 0. The molecule has 0 aromatic heterocycles. The van der Waals surface area contributed by atoms with Crippen LogP contribution in [0.1, 0.15) is 38.5 Å². The van der Waals surface area contributed by atoms with Gasteiger partial charge in [0.1, 0.15) is 0 Å². The lowest BCUT2D eigenvalue weighted by Gasteiger charge is -2.34. The number of urea groups is 1. The van der Waals surface area contributed by atoms with Gasteiger partial charge in [-0.2, -0.15) is 0 Å². The lowest BCUT2D eigenvalue weighted by atomic mass is 10.00. The lowest BCUT2D eigenvalue weighted by Crippen LogP contribution is -2.49. The molecule has 0 aliphatic carbocycles. The summed E-state index contributed by atoms with van der Waals surface area (Å²) in [5.41, 5.74) is 0. The number of aliphatic carboxylic acids is 1. The number of likely N-dealkylation sites (tertiary alicyclic amines) is 1. The number of terminal acetylenes is 1. The standard InChI is InChI=1S/C13H20N2O3/c1-2-3-5-8-14-13(18)15-9-6-4-7-11(15)10-12(16)17/h1,11H,3-10H2,(H,14,18)(H,16,17). The minimum atomic E-state index is -0.855. The maximum atomic E-state index is 11.9. The van der Waals surface area contributed by atoms with E-state index in [1.807, 2.05) is 0 Å². The van der Waals surface area contributed by atoms with Crippen molar-refractivity contribution in [3.8, 4) is 12.3 Å². The zero-order chi connectivity index (χ0) is 13.4. The second kappa shape index (κ2) is 7.59. The van der Waals surface area contributed by atoms with E-state index < -0.39 is 5.97 Å². The van der Waals surface area contributed by atoms with E-state index in [1.54, 1.807) is 4.90 Å². The molecule has 0 saturated carbocycles. The highest BCUT2D eigenvalue weighted by atomic mass is 16.4. The number of carbonyl (C=O) groups is 2. The molecular formula is C13H20N2O3. The Hall–Kier alpha value is -1.70. The van der Waals surface area contributed by atoms with Gasteiger partial charge in [0, 0.05) is 25.6 Å². The first-order valence-corrected chi connectivity index (χ1v) is 6.35. The van der Waals surface area contributed by atoms with Gasteiger partial charge in [-0.05, 0) is 25.7 Å². The number of piperidine rings is 1. The Morgan fingerprint density at radius 3 is 2.89 bits per heavy atom. The van der Waals surface area contributed by atoms with E-state index in [0.29, 0.717) is 19.5 Å². The summed E-state index contributed by atoms with van der Waals surface area (Å²) in [7, 11) is 0. The number of nitrogens with zero attached hydrogens (tertiary/aromatic N) is 1. The van der Waals surface area contributed by atoms with Crippen molar-refractivity contribution in [3.05, 3.63) is 0 Å². The van der Waals surface area contributed by atoms with Crippen LogP contribution in [0.15, 0.2) is 0 Å². The maximum absolute atomic E-state index is 11.9. The highest BCUT2D eigenvalue weighted by Gasteiger charge is 2.27. The summed E-state index contributed by atoms with van der Waals surface area (Å²) in [6.07, 6.45) is 9.23. The third-order valence-electron chi connectivity index (χ3n) is 3.07. The van der Waals surface area contributed by atoms with Crippen molar-refractivity contribution < 1.29 is 14.7 Å². The fraction of sp³-hybridized carbons (Fsp3) is 0.692. The van der Waals surface area contributed by atoms with E-state index in [1.165, 1.54) is 0 Å². The summed E-state index contributed by atoms with van der Waals surface area (Å²) in [5.74, 6) is 1.66. The molecule has 0 aromatic carbocycles. The molecule has 1 rings (SSSR count). The zero-order valence-corrected chi connectivity index (χ0v) is 10.5. The van der Waals surface area contributed by atoms with Crippen LogP contribution in [-0.2, 0) is 4.79 Å². The van der Waals surface area contributed by atoms with Crippen molar-refractivity contribution in [3.63, 3.8) is 0 Å². The van der Waals surface area contributed by atoms with Crippen LogP contribution in [0, 0.1) is 12.3 Å². The average molecular weight is 252 g/mol. The number of carboxylic acid groups (broad SMARTS) is 1. The molecule has 2 amide bonds. The van der Waals surface area contributed by atoms with Gasteiger partial charge < -0.3 is 15.3 Å². The molecule has 1 unspecified atom stereocenters. The molecule has 2 N–H and O–H groups in total. The van der Waals surface area contributed by atoms with Crippen molar-refractivity contribution in [2.45, 2.75) is 44.6 Å². The second-order valence-corrected chi connectivity index (χ2v) is 4.48. The molecule has 1 aliphatic rings. The first kappa shape index (κ1) is 14.4. The third-order valence-corrected chi connectivity index (χ3v) is 3.07. The second-order valence-electron chi connectivity index (χ2n) is 4.48. The smallest absolute Gasteiger partial charge is 0.317 e. The minimum absolute atomic E-state index is 0.0256. The predicted octanol–water partition coefficient (Wildman–Crippen LogP) is 1.44. The number of amides is 2. The van der Waals surface area contributed by atoms with E-state index >= 15 is 0 Å². The fourth-order valence-electron chi connectivity index (χ4n) is 2.17. The van der Waals surface area contributed by atoms with Gasteiger partial charge in [-0.3, -0.25) is 4.79 Å². The molecule has 1 aliphatic heterocycles. The van der Waals surface area contributed by atoms with Crippen molar-refractivity contribution >= 4 is 12.0 Å². The normalized spacial score (nSPS) is 19.1. The molecule has 18 heavy (non-hydrogen) atoms. The van der Waals surface area contributed by atoms with Gasteiger partial charge in [-0.25, -0.2) is 4.79 Å². The maximum Gasteiger partial charge on any atom is 0.317 e. The molecule has 0 bridgehead atoms. The number of unbranched alkanes of at least 4 members (excludes halogenated alkanes) is 1. The summed E-state index contributed by atoms with van der Waals surface area (Å²) in [5, 5.41) is 11.6. The monoisotopic (exact) mass is 252 g/mol. The van der Waals surface area contributed by atoms with Crippen LogP contribution in [0.2, 0.25) is 0 Å². The van der Waals surface area contributed by atoms with Crippen LogP contribution in [0.3, 0.4) is 0 Å². The summed E-state index contributed by atoms with van der Waals surface area (Å²) in [4.78, 5) is 24.3. The Morgan fingerprint density at radius 2 is 2.22 bits per heavy atom. The van der Waals surface area contributed by atoms with E-state index in [9.17, 15) is 9.59 Å². The minimum Gasteiger partial charge on any atom is -0.481 e. The van der Waals surface area contributed by atoms with Crippen LogP contribution in [0.25, 0.3) is 0 Å². The molecule has 0 spiro atoms. The van der Waals surface area contributed by atoms with Crippen LogP contribution in [0.4, 0.5) is 4.79 Å². The average Bonchev–Trinajstić information content (AvgIpc) is 2.34. The molecule has 1 atom stereocenters. The first-order valence-electron chi connectivity index (χ1n) is 6.35. The Bertz CT molecular complexity index is 336.